The molecule has 25 heavy (non-hydrogen) atoms. The van der Waals surface area contributed by atoms with Gasteiger partial charge in [-0.1, -0.05) is 30.3 Å². The molecule has 1 aromatic heterocycles. The third-order valence-corrected chi connectivity index (χ3v) is 4.39. The molecule has 0 spiro atoms. The largest absolute Gasteiger partial charge is 0.448 e. The number of oxazole rings is 1. The first-order valence-electron chi connectivity index (χ1n) is 8.29. The van der Waals surface area contributed by atoms with Crippen molar-refractivity contribution in [2.24, 2.45) is 0 Å². The van der Waals surface area contributed by atoms with Crippen molar-refractivity contribution in [1.82, 2.24) is 20.1 Å². The second-order valence-corrected chi connectivity index (χ2v) is 6.09. The molecule has 2 heterocycles. The average Bonchev–Trinajstić information content (AvgIpc) is 3.08. The first-order valence-corrected chi connectivity index (χ1v) is 8.29. The Bertz CT molecular complexity index is 744. The van der Waals surface area contributed by atoms with Crippen LogP contribution in [-0.4, -0.2) is 59.3 Å². The molecule has 1 atom stereocenters. The number of nitrogens with zero attached hydrogens (tertiary/aromatic N) is 3. The van der Waals surface area contributed by atoms with E-state index in [-0.39, 0.29) is 17.5 Å². The molecule has 0 radical (unpaired) electrons. The lowest BCUT2D eigenvalue weighted by Crippen LogP contribution is -2.59. The van der Waals surface area contributed by atoms with E-state index in [0.29, 0.717) is 32.1 Å². The highest BCUT2D eigenvalue weighted by Gasteiger charge is 2.34. The summed E-state index contributed by atoms with van der Waals surface area (Å²) in [5, 5.41) is 2.70. The molecule has 132 valence electrons. The van der Waals surface area contributed by atoms with Crippen molar-refractivity contribution < 1.29 is 14.0 Å². The van der Waals surface area contributed by atoms with Crippen LogP contribution in [0.15, 0.2) is 41.0 Å². The fourth-order valence-electron chi connectivity index (χ4n) is 3.05. The molecule has 0 saturated carbocycles. The molecule has 3 rings (SSSR count). The number of aromatic nitrogens is 1. The lowest BCUT2D eigenvalue weighted by Gasteiger charge is -2.40. The summed E-state index contributed by atoms with van der Waals surface area (Å²) in [6.45, 7) is 3.86. The highest BCUT2D eigenvalue weighted by Crippen LogP contribution is 2.16. The lowest BCUT2D eigenvalue weighted by atomic mass is 10.1. The number of aryl methyl sites for hydroxylation is 1. The number of benzene rings is 1. The number of amides is 2. The molecule has 1 aliphatic rings. The molecule has 7 nitrogen and oxygen atoms in total. The van der Waals surface area contributed by atoms with Gasteiger partial charge in [-0.15, -0.1) is 0 Å². The molecular weight excluding hydrogens is 320 g/mol. The number of likely N-dealkylation sites (N-methyl/N-ethyl adjacent to an activating group) is 1. The quantitative estimate of drug-likeness (QED) is 0.899. The molecule has 1 unspecified atom stereocenters. The van der Waals surface area contributed by atoms with Gasteiger partial charge in [0, 0.05) is 40.2 Å². The number of carbonyl (C=O) groups excluding carboxylic acids is 2. The predicted octanol–water partition coefficient (Wildman–Crippen LogP) is 1.06. The molecule has 1 aliphatic heterocycles. The molecule has 1 aromatic carbocycles. The van der Waals surface area contributed by atoms with Crippen LogP contribution in [-0.2, 0) is 11.3 Å². The van der Waals surface area contributed by atoms with Gasteiger partial charge in [0.25, 0.3) is 5.91 Å². The number of piperazine rings is 1. The van der Waals surface area contributed by atoms with Crippen molar-refractivity contribution in [3.05, 3.63) is 53.7 Å². The minimum absolute atomic E-state index is 0.0928. The van der Waals surface area contributed by atoms with Gasteiger partial charge in [0.2, 0.25) is 5.91 Å². The Labute approximate surface area is 146 Å². The maximum atomic E-state index is 12.6. The third kappa shape index (κ3) is 3.88. The molecule has 1 fully saturated rings. The van der Waals surface area contributed by atoms with Crippen molar-refractivity contribution >= 4 is 11.8 Å². The molecule has 0 aliphatic carbocycles. The molecular formula is C18H22N4O3. The Morgan fingerprint density at radius 1 is 1.28 bits per heavy atom. The SMILES string of the molecule is CNC(=O)C1CN(C(=O)c2coc(C)n2)CCN1Cc1ccccc1. The smallest absolute Gasteiger partial charge is 0.275 e. The Kier molecular flexibility index (Phi) is 5.14. The zero-order chi connectivity index (χ0) is 17.8. The van der Waals surface area contributed by atoms with Crippen LogP contribution in [0.1, 0.15) is 21.9 Å². The summed E-state index contributed by atoms with van der Waals surface area (Å²) in [5.41, 5.74) is 1.42. The van der Waals surface area contributed by atoms with Crippen LogP contribution in [0.2, 0.25) is 0 Å². The Hall–Kier alpha value is -2.67. The van der Waals surface area contributed by atoms with Crippen molar-refractivity contribution in [2.75, 3.05) is 26.7 Å². The zero-order valence-electron chi connectivity index (χ0n) is 14.4. The van der Waals surface area contributed by atoms with E-state index in [1.807, 2.05) is 30.3 Å². The maximum absolute atomic E-state index is 12.6. The second-order valence-electron chi connectivity index (χ2n) is 6.09. The fourth-order valence-corrected chi connectivity index (χ4v) is 3.05. The van der Waals surface area contributed by atoms with Crippen LogP contribution < -0.4 is 5.32 Å². The highest BCUT2D eigenvalue weighted by molar-refractivity contribution is 5.93. The summed E-state index contributed by atoms with van der Waals surface area (Å²) in [7, 11) is 1.62. The molecule has 2 aromatic rings. The highest BCUT2D eigenvalue weighted by atomic mass is 16.3. The number of rotatable bonds is 4. The standard InChI is InChI=1S/C18H22N4O3/c1-13-20-15(12-25-13)18(24)22-9-8-21(16(11-22)17(23)19-2)10-14-6-4-3-5-7-14/h3-7,12,16H,8-11H2,1-2H3,(H,19,23). The van der Waals surface area contributed by atoms with E-state index in [2.05, 4.69) is 15.2 Å². The number of hydrogen-bond acceptors (Lipinski definition) is 5. The van der Waals surface area contributed by atoms with Gasteiger partial charge < -0.3 is 14.6 Å². The number of carbonyl (C=O) groups is 2. The maximum Gasteiger partial charge on any atom is 0.275 e. The van der Waals surface area contributed by atoms with Gasteiger partial charge >= 0.3 is 0 Å². The average molecular weight is 342 g/mol. The lowest BCUT2D eigenvalue weighted by molar-refractivity contribution is -0.128. The van der Waals surface area contributed by atoms with E-state index in [4.69, 9.17) is 4.42 Å². The molecule has 7 heteroatoms. The summed E-state index contributed by atoms with van der Waals surface area (Å²) in [5.74, 6) is 0.156. The second kappa shape index (κ2) is 7.48. The Balaban J connectivity index is 1.74. The summed E-state index contributed by atoms with van der Waals surface area (Å²) >= 11 is 0. The van der Waals surface area contributed by atoms with Crippen LogP contribution in [0.3, 0.4) is 0 Å². The first kappa shape index (κ1) is 17.2. The van der Waals surface area contributed by atoms with Crippen LogP contribution >= 0.6 is 0 Å². The van der Waals surface area contributed by atoms with Crippen molar-refractivity contribution in [3.8, 4) is 0 Å². The van der Waals surface area contributed by atoms with Crippen molar-refractivity contribution in [2.45, 2.75) is 19.5 Å². The van der Waals surface area contributed by atoms with Gasteiger partial charge in [0.05, 0.1) is 0 Å². The number of nitrogens with one attached hydrogen (secondary N) is 1. The van der Waals surface area contributed by atoms with E-state index in [1.165, 1.54) is 6.26 Å². The minimum Gasteiger partial charge on any atom is -0.448 e. The summed E-state index contributed by atoms with van der Waals surface area (Å²) in [6.07, 6.45) is 1.36. The minimum atomic E-state index is -0.393. The molecule has 0 bridgehead atoms. The van der Waals surface area contributed by atoms with E-state index in [0.717, 1.165) is 5.56 Å². The van der Waals surface area contributed by atoms with Gasteiger partial charge in [-0.05, 0) is 5.56 Å². The van der Waals surface area contributed by atoms with Gasteiger partial charge in [0.15, 0.2) is 11.6 Å². The normalized spacial score (nSPS) is 18.2. The van der Waals surface area contributed by atoms with E-state index < -0.39 is 6.04 Å². The Morgan fingerprint density at radius 3 is 2.68 bits per heavy atom. The van der Waals surface area contributed by atoms with E-state index in [1.54, 1.807) is 18.9 Å². The summed E-state index contributed by atoms with van der Waals surface area (Å²) < 4.78 is 5.12. The topological polar surface area (TPSA) is 78.7 Å². The van der Waals surface area contributed by atoms with Gasteiger partial charge in [-0.2, -0.15) is 0 Å². The van der Waals surface area contributed by atoms with Gasteiger partial charge in [0.1, 0.15) is 12.3 Å². The molecule has 1 saturated heterocycles. The van der Waals surface area contributed by atoms with Gasteiger partial charge in [-0.25, -0.2) is 4.98 Å². The van der Waals surface area contributed by atoms with Crippen LogP contribution in [0.4, 0.5) is 0 Å². The zero-order valence-corrected chi connectivity index (χ0v) is 14.4. The fraction of sp³-hybridized carbons (Fsp3) is 0.389. The first-order chi connectivity index (χ1) is 12.1. The molecule has 1 N–H and O–H groups in total. The monoisotopic (exact) mass is 342 g/mol. The van der Waals surface area contributed by atoms with Crippen LogP contribution in [0.5, 0.6) is 0 Å². The van der Waals surface area contributed by atoms with E-state index in [9.17, 15) is 9.59 Å². The van der Waals surface area contributed by atoms with Crippen LogP contribution in [0, 0.1) is 6.92 Å². The third-order valence-electron chi connectivity index (χ3n) is 4.39. The molecule has 2 amide bonds. The van der Waals surface area contributed by atoms with Gasteiger partial charge in [-0.3, -0.25) is 14.5 Å². The summed E-state index contributed by atoms with van der Waals surface area (Å²) in [4.78, 5) is 32.8. The predicted molar refractivity (Wildman–Crippen MR) is 91.9 cm³/mol. The summed E-state index contributed by atoms with van der Waals surface area (Å²) in [6, 6.07) is 9.62. The number of hydrogen-bond donors (Lipinski definition) is 1. The van der Waals surface area contributed by atoms with Crippen LogP contribution in [0.25, 0.3) is 0 Å². The van der Waals surface area contributed by atoms with E-state index >= 15 is 0 Å². The van der Waals surface area contributed by atoms with Crippen molar-refractivity contribution in [3.63, 3.8) is 0 Å². The van der Waals surface area contributed by atoms with Crippen molar-refractivity contribution in [1.29, 1.82) is 0 Å². The Morgan fingerprint density at radius 2 is 2.04 bits per heavy atom.